The molecule has 1 rings (SSSR count). The number of hydrogen-bond acceptors (Lipinski definition) is 3. The van der Waals surface area contributed by atoms with Crippen molar-refractivity contribution in [3.63, 3.8) is 0 Å². The summed E-state index contributed by atoms with van der Waals surface area (Å²) in [4.78, 5) is 4.89. The number of nitrogens with one attached hydrogen (secondary N) is 1. The van der Waals surface area contributed by atoms with Crippen LogP contribution in [0.25, 0.3) is 0 Å². The first-order valence-electron chi connectivity index (χ1n) is 5.84. The van der Waals surface area contributed by atoms with Crippen LogP contribution in [0.2, 0.25) is 0 Å². The maximum Gasteiger partial charge on any atom is 0.125 e. The topological polar surface area (TPSA) is 30.5 Å². The van der Waals surface area contributed by atoms with Crippen molar-refractivity contribution in [2.75, 3.05) is 14.2 Å². The minimum atomic E-state index is 0.0686. The van der Waals surface area contributed by atoms with Gasteiger partial charge in [0.15, 0.2) is 0 Å². The molecule has 0 atom stereocenters. The molecule has 0 aliphatic rings. The van der Waals surface area contributed by atoms with Crippen molar-refractivity contribution in [1.82, 2.24) is 5.48 Å². The van der Waals surface area contributed by atoms with Gasteiger partial charge in [-0.1, -0.05) is 32.9 Å². The molecule has 17 heavy (non-hydrogen) atoms. The Balaban J connectivity index is 3.19. The summed E-state index contributed by atoms with van der Waals surface area (Å²) < 4.78 is 5.51. The molecule has 1 N–H and O–H groups in total. The van der Waals surface area contributed by atoms with Crippen molar-refractivity contribution >= 4 is 0 Å². The van der Waals surface area contributed by atoms with Crippen molar-refractivity contribution < 1.29 is 9.57 Å². The van der Waals surface area contributed by atoms with E-state index in [1.807, 2.05) is 0 Å². The lowest BCUT2D eigenvalue weighted by Crippen LogP contribution is -2.16. The lowest BCUT2D eigenvalue weighted by molar-refractivity contribution is 0.0866. The molecule has 3 nitrogen and oxygen atoms in total. The highest BCUT2D eigenvalue weighted by molar-refractivity contribution is 5.47. The van der Waals surface area contributed by atoms with Gasteiger partial charge in [-0.25, -0.2) is 0 Å². The Labute approximate surface area is 104 Å². The molecule has 0 heterocycles. The van der Waals surface area contributed by atoms with Gasteiger partial charge in [0.2, 0.25) is 0 Å². The first kappa shape index (κ1) is 14.0. The molecule has 0 aliphatic carbocycles. The van der Waals surface area contributed by atoms with Crippen molar-refractivity contribution in [1.29, 1.82) is 0 Å². The fraction of sp³-hybridized carbons (Fsp3) is 0.571. The van der Waals surface area contributed by atoms with E-state index in [0.717, 1.165) is 11.3 Å². The van der Waals surface area contributed by atoms with Crippen molar-refractivity contribution in [3.8, 4) is 5.75 Å². The van der Waals surface area contributed by atoms with Gasteiger partial charge >= 0.3 is 0 Å². The summed E-state index contributed by atoms with van der Waals surface area (Å²) in [7, 11) is 3.35. The monoisotopic (exact) mass is 237 g/mol. The molecule has 0 spiro atoms. The molecule has 3 heteroatoms. The molecular weight excluding hydrogens is 214 g/mol. The predicted molar refractivity (Wildman–Crippen MR) is 70.3 cm³/mol. The number of benzene rings is 1. The Morgan fingerprint density at radius 3 is 2.29 bits per heavy atom. The lowest BCUT2D eigenvalue weighted by Gasteiger charge is -2.24. The van der Waals surface area contributed by atoms with E-state index in [0.29, 0.717) is 6.54 Å². The van der Waals surface area contributed by atoms with E-state index < -0.39 is 0 Å². The van der Waals surface area contributed by atoms with Crippen LogP contribution in [0.5, 0.6) is 5.75 Å². The van der Waals surface area contributed by atoms with Crippen LogP contribution >= 0.6 is 0 Å². The number of aryl methyl sites for hydroxylation is 1. The van der Waals surface area contributed by atoms with Crippen LogP contribution in [-0.4, -0.2) is 14.2 Å². The molecule has 0 aromatic heterocycles. The Morgan fingerprint density at radius 2 is 1.82 bits per heavy atom. The van der Waals surface area contributed by atoms with E-state index in [-0.39, 0.29) is 5.41 Å². The highest BCUT2D eigenvalue weighted by Crippen LogP contribution is 2.34. The maximum atomic E-state index is 5.51. The van der Waals surface area contributed by atoms with Crippen LogP contribution in [0, 0.1) is 6.92 Å². The zero-order valence-corrected chi connectivity index (χ0v) is 11.7. The summed E-state index contributed by atoms with van der Waals surface area (Å²) in [6.45, 7) is 9.35. The quantitative estimate of drug-likeness (QED) is 0.817. The van der Waals surface area contributed by atoms with E-state index in [9.17, 15) is 0 Å². The van der Waals surface area contributed by atoms with Crippen molar-refractivity contribution in [3.05, 3.63) is 28.8 Å². The second-order valence-electron chi connectivity index (χ2n) is 5.27. The molecule has 0 radical (unpaired) electrons. The summed E-state index contributed by atoms with van der Waals surface area (Å²) in [5, 5.41) is 0. The van der Waals surface area contributed by atoms with Crippen LogP contribution in [-0.2, 0) is 16.8 Å². The molecular formula is C14H23NO2. The maximum absolute atomic E-state index is 5.51. The SMILES string of the molecule is CONCc1cc(C)c(OC)c(C(C)(C)C)c1. The van der Waals surface area contributed by atoms with Crippen LogP contribution in [0.3, 0.4) is 0 Å². The third-order valence-corrected chi connectivity index (χ3v) is 2.77. The Kier molecular flexibility index (Phi) is 4.54. The Bertz CT molecular complexity index is 381. The standard InChI is InChI=1S/C14H23NO2/c1-10-7-11(9-15-17-6)8-12(13(10)16-5)14(2,3)4/h7-8,15H,9H2,1-6H3. The lowest BCUT2D eigenvalue weighted by atomic mass is 9.84. The molecule has 0 amide bonds. The molecule has 0 fully saturated rings. The Hall–Kier alpha value is -1.06. The van der Waals surface area contributed by atoms with E-state index in [1.165, 1.54) is 11.1 Å². The van der Waals surface area contributed by atoms with Gasteiger partial charge in [0.1, 0.15) is 5.75 Å². The van der Waals surface area contributed by atoms with Gasteiger partial charge in [-0.15, -0.1) is 0 Å². The molecule has 1 aromatic carbocycles. The average Bonchev–Trinajstić information content (AvgIpc) is 2.24. The summed E-state index contributed by atoms with van der Waals surface area (Å²) in [6.07, 6.45) is 0. The predicted octanol–water partition coefficient (Wildman–Crippen LogP) is 2.95. The molecule has 0 saturated heterocycles. The number of ether oxygens (including phenoxy) is 1. The minimum absolute atomic E-state index is 0.0686. The summed E-state index contributed by atoms with van der Waals surface area (Å²) in [5.74, 6) is 0.985. The highest BCUT2D eigenvalue weighted by Gasteiger charge is 2.20. The molecule has 0 saturated carbocycles. The number of rotatable bonds is 4. The van der Waals surface area contributed by atoms with Gasteiger partial charge in [-0.05, 0) is 23.5 Å². The van der Waals surface area contributed by atoms with Crippen LogP contribution in [0.4, 0.5) is 0 Å². The summed E-state index contributed by atoms with van der Waals surface area (Å²) >= 11 is 0. The van der Waals surface area contributed by atoms with Gasteiger partial charge in [0.05, 0.1) is 14.2 Å². The van der Waals surface area contributed by atoms with Crippen LogP contribution < -0.4 is 10.2 Å². The summed E-state index contributed by atoms with van der Waals surface area (Å²) in [5.41, 5.74) is 6.53. The van der Waals surface area contributed by atoms with Gasteiger partial charge in [0.25, 0.3) is 0 Å². The summed E-state index contributed by atoms with van der Waals surface area (Å²) in [6, 6.07) is 4.30. The van der Waals surface area contributed by atoms with E-state index in [4.69, 9.17) is 9.57 Å². The number of methoxy groups -OCH3 is 1. The first-order valence-corrected chi connectivity index (χ1v) is 5.84. The smallest absolute Gasteiger partial charge is 0.125 e. The van der Waals surface area contributed by atoms with Gasteiger partial charge in [-0.2, -0.15) is 5.48 Å². The molecule has 96 valence electrons. The van der Waals surface area contributed by atoms with Gasteiger partial charge in [-0.3, -0.25) is 0 Å². The zero-order chi connectivity index (χ0) is 13.1. The van der Waals surface area contributed by atoms with Crippen molar-refractivity contribution in [2.24, 2.45) is 0 Å². The fourth-order valence-corrected chi connectivity index (χ4v) is 1.93. The fourth-order valence-electron chi connectivity index (χ4n) is 1.93. The van der Waals surface area contributed by atoms with Crippen molar-refractivity contribution in [2.45, 2.75) is 39.7 Å². The second kappa shape index (κ2) is 5.52. The zero-order valence-electron chi connectivity index (χ0n) is 11.7. The van der Waals surface area contributed by atoms with Crippen LogP contribution in [0.15, 0.2) is 12.1 Å². The van der Waals surface area contributed by atoms with E-state index >= 15 is 0 Å². The molecule has 0 aliphatic heterocycles. The third kappa shape index (κ3) is 3.45. The average molecular weight is 237 g/mol. The van der Waals surface area contributed by atoms with E-state index in [1.54, 1.807) is 14.2 Å². The van der Waals surface area contributed by atoms with Crippen LogP contribution in [0.1, 0.15) is 37.5 Å². The molecule has 1 aromatic rings. The molecule has 0 bridgehead atoms. The van der Waals surface area contributed by atoms with Gasteiger partial charge in [0, 0.05) is 12.1 Å². The second-order valence-corrected chi connectivity index (χ2v) is 5.27. The molecule has 0 unspecified atom stereocenters. The number of hydroxylamine groups is 1. The van der Waals surface area contributed by atoms with Gasteiger partial charge < -0.3 is 9.57 Å². The normalized spacial score (nSPS) is 11.6. The van der Waals surface area contributed by atoms with E-state index in [2.05, 4.69) is 45.3 Å². The highest BCUT2D eigenvalue weighted by atomic mass is 16.6. The number of hydrogen-bond donors (Lipinski definition) is 1. The third-order valence-electron chi connectivity index (χ3n) is 2.77. The Morgan fingerprint density at radius 1 is 1.18 bits per heavy atom. The minimum Gasteiger partial charge on any atom is -0.496 e. The first-order chi connectivity index (χ1) is 7.90. The largest absolute Gasteiger partial charge is 0.496 e.